The van der Waals surface area contributed by atoms with Gasteiger partial charge in [-0.3, -0.25) is 9.59 Å². The average molecular weight is 355 g/mol. The first kappa shape index (κ1) is 17.3. The fourth-order valence-corrected chi connectivity index (χ4v) is 2.68. The SMILES string of the molecule is CNc1cc(-c2cc(=O)c3c(OC)cc(OC)cc3o2)ccc1OC=O. The van der Waals surface area contributed by atoms with Gasteiger partial charge in [0.2, 0.25) is 0 Å². The number of benzene rings is 2. The number of nitrogens with one attached hydrogen (secondary N) is 1. The highest BCUT2D eigenvalue weighted by Gasteiger charge is 2.14. The predicted molar refractivity (Wildman–Crippen MR) is 97.3 cm³/mol. The third-order valence-corrected chi connectivity index (χ3v) is 3.93. The fraction of sp³-hybridized carbons (Fsp3) is 0.158. The van der Waals surface area contributed by atoms with Crippen molar-refractivity contribution in [1.29, 1.82) is 0 Å². The molecule has 1 aromatic heterocycles. The minimum absolute atomic E-state index is 0.236. The molecule has 0 aliphatic rings. The van der Waals surface area contributed by atoms with Gasteiger partial charge < -0.3 is 23.9 Å². The van der Waals surface area contributed by atoms with E-state index in [9.17, 15) is 9.59 Å². The van der Waals surface area contributed by atoms with E-state index in [-0.39, 0.29) is 5.43 Å². The summed E-state index contributed by atoms with van der Waals surface area (Å²) in [6.07, 6.45) is 0. The molecule has 3 rings (SSSR count). The summed E-state index contributed by atoms with van der Waals surface area (Å²) in [5, 5.41) is 3.27. The molecule has 0 aliphatic carbocycles. The molecule has 0 bridgehead atoms. The number of carbonyl (C=O) groups excluding carboxylic acids is 1. The van der Waals surface area contributed by atoms with Gasteiger partial charge in [-0.25, -0.2) is 0 Å². The van der Waals surface area contributed by atoms with Gasteiger partial charge in [-0.1, -0.05) is 0 Å². The summed E-state index contributed by atoms with van der Waals surface area (Å²) in [5.74, 6) is 1.63. The van der Waals surface area contributed by atoms with Crippen LogP contribution in [0.5, 0.6) is 17.2 Å². The first-order valence-electron chi connectivity index (χ1n) is 7.73. The third kappa shape index (κ3) is 3.06. The van der Waals surface area contributed by atoms with Crippen molar-refractivity contribution >= 4 is 23.1 Å². The van der Waals surface area contributed by atoms with Crippen LogP contribution in [0.4, 0.5) is 5.69 Å². The number of carbonyl (C=O) groups is 1. The molecule has 0 unspecified atom stereocenters. The number of hydrogen-bond donors (Lipinski definition) is 1. The predicted octanol–water partition coefficient (Wildman–Crippen LogP) is 3.05. The van der Waals surface area contributed by atoms with E-state index in [2.05, 4.69) is 5.32 Å². The molecule has 1 N–H and O–H groups in total. The highest BCUT2D eigenvalue weighted by Crippen LogP contribution is 2.34. The Bertz CT molecular complexity index is 1020. The summed E-state index contributed by atoms with van der Waals surface area (Å²) in [7, 11) is 4.70. The maximum Gasteiger partial charge on any atom is 0.298 e. The van der Waals surface area contributed by atoms with Gasteiger partial charge in [-0.15, -0.1) is 0 Å². The summed E-state index contributed by atoms with van der Waals surface area (Å²) >= 11 is 0. The summed E-state index contributed by atoms with van der Waals surface area (Å²) in [6.45, 7) is 0.352. The molecule has 3 aromatic rings. The van der Waals surface area contributed by atoms with E-state index < -0.39 is 0 Å². The van der Waals surface area contributed by atoms with Gasteiger partial charge in [0.1, 0.15) is 28.2 Å². The molecule has 0 spiro atoms. The molecule has 0 aliphatic heterocycles. The van der Waals surface area contributed by atoms with Crippen LogP contribution in [0.2, 0.25) is 0 Å². The number of anilines is 1. The number of hydrogen-bond acceptors (Lipinski definition) is 7. The standard InChI is InChI=1S/C19H17NO6/c1-20-13-6-11(4-5-15(13)25-10-21)16-9-14(22)19-17(24-3)7-12(23-2)8-18(19)26-16/h4-10,20H,1-3H3. The van der Waals surface area contributed by atoms with E-state index in [1.807, 2.05) is 0 Å². The zero-order valence-corrected chi connectivity index (χ0v) is 14.5. The lowest BCUT2D eigenvalue weighted by molar-refractivity contribution is -0.120. The molecule has 0 saturated carbocycles. The molecular formula is C19H17NO6. The van der Waals surface area contributed by atoms with E-state index in [1.165, 1.54) is 20.3 Å². The van der Waals surface area contributed by atoms with Crippen molar-refractivity contribution in [2.24, 2.45) is 0 Å². The van der Waals surface area contributed by atoms with Crippen LogP contribution in [-0.2, 0) is 4.79 Å². The average Bonchev–Trinajstić information content (AvgIpc) is 2.67. The molecule has 0 amide bonds. The molecule has 134 valence electrons. The van der Waals surface area contributed by atoms with Crippen molar-refractivity contribution in [3.63, 3.8) is 0 Å². The third-order valence-electron chi connectivity index (χ3n) is 3.93. The zero-order valence-electron chi connectivity index (χ0n) is 14.5. The van der Waals surface area contributed by atoms with Gasteiger partial charge in [0.25, 0.3) is 6.47 Å². The Labute approximate surface area is 149 Å². The minimum atomic E-state index is -0.236. The van der Waals surface area contributed by atoms with Crippen LogP contribution in [-0.4, -0.2) is 27.7 Å². The van der Waals surface area contributed by atoms with Gasteiger partial charge in [0.15, 0.2) is 11.2 Å². The van der Waals surface area contributed by atoms with Crippen LogP contribution in [0.15, 0.2) is 45.6 Å². The van der Waals surface area contributed by atoms with Crippen molar-refractivity contribution < 1.29 is 23.4 Å². The Kier molecular flexibility index (Phi) is 4.79. The van der Waals surface area contributed by atoms with E-state index in [0.717, 1.165) is 0 Å². The summed E-state index contributed by atoms with van der Waals surface area (Å²) in [4.78, 5) is 23.2. The zero-order chi connectivity index (χ0) is 18.7. The Morgan fingerprint density at radius 2 is 1.85 bits per heavy atom. The second-order valence-corrected chi connectivity index (χ2v) is 5.35. The summed E-state index contributed by atoms with van der Waals surface area (Å²) in [6, 6.07) is 9.69. The number of fused-ring (bicyclic) bond motifs is 1. The molecule has 0 atom stereocenters. The number of methoxy groups -OCH3 is 2. The lowest BCUT2D eigenvalue weighted by Crippen LogP contribution is -2.03. The molecule has 0 saturated heterocycles. The van der Waals surface area contributed by atoms with Crippen molar-refractivity contribution in [3.05, 3.63) is 46.6 Å². The summed E-state index contributed by atoms with van der Waals surface area (Å²) in [5.41, 5.74) is 1.34. The van der Waals surface area contributed by atoms with Crippen LogP contribution in [0.1, 0.15) is 0 Å². The minimum Gasteiger partial charge on any atom is -0.496 e. The van der Waals surface area contributed by atoms with E-state index >= 15 is 0 Å². The van der Waals surface area contributed by atoms with E-state index in [4.69, 9.17) is 18.6 Å². The smallest absolute Gasteiger partial charge is 0.298 e. The quantitative estimate of drug-likeness (QED) is 0.680. The van der Waals surface area contributed by atoms with Crippen LogP contribution in [0.25, 0.3) is 22.3 Å². The molecule has 0 radical (unpaired) electrons. The van der Waals surface area contributed by atoms with Crippen LogP contribution in [0, 0.1) is 0 Å². The molecule has 0 fully saturated rings. The highest BCUT2D eigenvalue weighted by atomic mass is 16.5. The number of rotatable bonds is 6. The first-order chi connectivity index (χ1) is 12.6. The molecule has 7 nitrogen and oxygen atoms in total. The highest BCUT2D eigenvalue weighted by molar-refractivity contribution is 5.86. The maximum absolute atomic E-state index is 12.6. The topological polar surface area (TPSA) is 87.0 Å². The monoisotopic (exact) mass is 355 g/mol. The van der Waals surface area contributed by atoms with Gasteiger partial charge >= 0.3 is 0 Å². The van der Waals surface area contributed by atoms with Crippen molar-refractivity contribution in [2.45, 2.75) is 0 Å². The van der Waals surface area contributed by atoms with E-state index in [1.54, 1.807) is 37.4 Å². The van der Waals surface area contributed by atoms with Gasteiger partial charge in [-0.2, -0.15) is 0 Å². The second kappa shape index (κ2) is 7.18. The van der Waals surface area contributed by atoms with Crippen LogP contribution < -0.4 is 25.0 Å². The lowest BCUT2D eigenvalue weighted by Gasteiger charge is -2.11. The molecule has 7 heteroatoms. The van der Waals surface area contributed by atoms with Gasteiger partial charge in [0.05, 0.1) is 19.9 Å². The summed E-state index contributed by atoms with van der Waals surface area (Å²) < 4.78 is 21.3. The second-order valence-electron chi connectivity index (χ2n) is 5.35. The molecule has 2 aromatic carbocycles. The Hall–Kier alpha value is -3.48. The van der Waals surface area contributed by atoms with Gasteiger partial charge in [0, 0.05) is 30.8 Å². The van der Waals surface area contributed by atoms with Crippen LogP contribution >= 0.6 is 0 Å². The van der Waals surface area contributed by atoms with Crippen molar-refractivity contribution in [1.82, 2.24) is 0 Å². The van der Waals surface area contributed by atoms with Crippen molar-refractivity contribution in [2.75, 3.05) is 26.6 Å². The van der Waals surface area contributed by atoms with Gasteiger partial charge in [-0.05, 0) is 18.2 Å². The maximum atomic E-state index is 12.6. The van der Waals surface area contributed by atoms with Crippen molar-refractivity contribution in [3.8, 4) is 28.6 Å². The first-order valence-corrected chi connectivity index (χ1v) is 7.73. The van der Waals surface area contributed by atoms with E-state index in [0.29, 0.717) is 51.7 Å². The Morgan fingerprint density at radius 1 is 1.04 bits per heavy atom. The Balaban J connectivity index is 2.20. The fourth-order valence-electron chi connectivity index (χ4n) is 2.68. The molecule has 26 heavy (non-hydrogen) atoms. The lowest BCUT2D eigenvalue weighted by atomic mass is 10.1. The van der Waals surface area contributed by atoms with Crippen LogP contribution in [0.3, 0.4) is 0 Å². The largest absolute Gasteiger partial charge is 0.496 e. The molecule has 1 heterocycles. The number of ether oxygens (including phenoxy) is 3. The Morgan fingerprint density at radius 3 is 2.50 bits per heavy atom. The normalized spacial score (nSPS) is 10.4. The molecular weight excluding hydrogens is 338 g/mol.